The summed E-state index contributed by atoms with van der Waals surface area (Å²) in [6.07, 6.45) is -3.13. The first-order chi connectivity index (χ1) is 9.79. The quantitative estimate of drug-likeness (QED) is 0.830. The molecule has 2 rings (SSSR count). The molecule has 21 heavy (non-hydrogen) atoms. The van der Waals surface area contributed by atoms with Gasteiger partial charge in [-0.15, -0.1) is 0 Å². The summed E-state index contributed by atoms with van der Waals surface area (Å²) in [6, 6.07) is 6.58. The minimum absolute atomic E-state index is 0.0107. The monoisotopic (exact) mass is 331 g/mol. The molecule has 0 amide bonds. The Bertz CT molecular complexity index is 689. The second kappa shape index (κ2) is 5.87. The van der Waals surface area contributed by atoms with Crippen molar-refractivity contribution < 1.29 is 13.2 Å². The van der Waals surface area contributed by atoms with Crippen molar-refractivity contribution in [3.63, 3.8) is 0 Å². The number of nitrogens with one attached hydrogen (secondary N) is 1. The highest BCUT2D eigenvalue weighted by Crippen LogP contribution is 2.37. The van der Waals surface area contributed by atoms with Gasteiger partial charge in [0, 0.05) is 11.2 Å². The lowest BCUT2D eigenvalue weighted by atomic mass is 10.1. The van der Waals surface area contributed by atoms with Crippen LogP contribution in [0.15, 0.2) is 36.5 Å². The number of pyridine rings is 1. The molecule has 1 aromatic carbocycles. The van der Waals surface area contributed by atoms with Gasteiger partial charge in [0.2, 0.25) is 0 Å². The molecular weight excluding hydrogens is 323 g/mol. The summed E-state index contributed by atoms with van der Waals surface area (Å²) in [6.45, 7) is 0. The zero-order chi connectivity index (χ0) is 15.6. The van der Waals surface area contributed by atoms with Crippen molar-refractivity contribution in [1.82, 2.24) is 4.98 Å². The third-order valence-corrected chi connectivity index (χ3v) is 3.07. The number of alkyl halides is 3. The largest absolute Gasteiger partial charge is 0.418 e. The van der Waals surface area contributed by atoms with Crippen LogP contribution in [-0.2, 0) is 6.18 Å². The Morgan fingerprint density at radius 3 is 2.62 bits per heavy atom. The van der Waals surface area contributed by atoms with Crippen LogP contribution in [0.5, 0.6) is 0 Å². The molecule has 0 aliphatic rings. The lowest BCUT2D eigenvalue weighted by Crippen LogP contribution is -2.14. The molecule has 0 spiro atoms. The Kier molecular flexibility index (Phi) is 4.34. The van der Waals surface area contributed by atoms with Crippen LogP contribution < -0.4 is 11.1 Å². The summed E-state index contributed by atoms with van der Waals surface area (Å²) in [7, 11) is 0. The predicted octanol–water partition coefficient (Wildman–Crippen LogP) is 4.13. The molecule has 0 fully saturated rings. The van der Waals surface area contributed by atoms with Gasteiger partial charge in [0.05, 0.1) is 16.8 Å². The molecule has 3 nitrogen and oxygen atoms in total. The molecule has 1 heterocycles. The number of anilines is 2. The Labute approximate surface area is 128 Å². The number of aromatic nitrogens is 1. The van der Waals surface area contributed by atoms with Crippen LogP contribution in [0.25, 0.3) is 0 Å². The SMILES string of the molecule is NC(=S)c1cccnc1Nc1ccc(Cl)cc1C(F)(F)F. The van der Waals surface area contributed by atoms with Crippen LogP contribution in [0.3, 0.4) is 0 Å². The summed E-state index contributed by atoms with van der Waals surface area (Å²) < 4.78 is 39.1. The van der Waals surface area contributed by atoms with Gasteiger partial charge in [-0.2, -0.15) is 13.2 Å². The van der Waals surface area contributed by atoms with Gasteiger partial charge in [-0.1, -0.05) is 23.8 Å². The van der Waals surface area contributed by atoms with E-state index in [-0.39, 0.29) is 21.5 Å². The molecule has 0 bridgehead atoms. The molecule has 2 aromatic rings. The number of nitrogens with two attached hydrogens (primary N) is 1. The Morgan fingerprint density at radius 2 is 2.00 bits per heavy atom. The van der Waals surface area contributed by atoms with Crippen molar-refractivity contribution in [3.05, 3.63) is 52.7 Å². The number of thiocarbonyl (C=S) groups is 1. The molecule has 1 aromatic heterocycles. The van der Waals surface area contributed by atoms with Crippen molar-refractivity contribution >= 4 is 40.3 Å². The smallest absolute Gasteiger partial charge is 0.389 e. The first-order valence-electron chi connectivity index (χ1n) is 5.67. The van der Waals surface area contributed by atoms with Crippen molar-refractivity contribution in [2.24, 2.45) is 5.73 Å². The second-order valence-electron chi connectivity index (χ2n) is 4.08. The molecule has 0 aliphatic heterocycles. The number of benzene rings is 1. The van der Waals surface area contributed by atoms with E-state index in [1.165, 1.54) is 18.3 Å². The highest BCUT2D eigenvalue weighted by Gasteiger charge is 2.34. The Hall–Kier alpha value is -1.86. The normalized spacial score (nSPS) is 11.2. The minimum Gasteiger partial charge on any atom is -0.389 e. The predicted molar refractivity (Wildman–Crippen MR) is 79.9 cm³/mol. The molecule has 3 N–H and O–H groups in total. The van der Waals surface area contributed by atoms with Crippen molar-refractivity contribution in [3.8, 4) is 0 Å². The highest BCUT2D eigenvalue weighted by atomic mass is 35.5. The topological polar surface area (TPSA) is 50.9 Å². The van der Waals surface area contributed by atoms with Gasteiger partial charge in [-0.3, -0.25) is 0 Å². The Morgan fingerprint density at radius 1 is 1.29 bits per heavy atom. The number of halogens is 4. The summed E-state index contributed by atoms with van der Waals surface area (Å²) in [5.41, 5.74) is 4.81. The minimum atomic E-state index is -4.55. The van der Waals surface area contributed by atoms with Crippen LogP contribution in [0.1, 0.15) is 11.1 Å². The zero-order valence-corrected chi connectivity index (χ0v) is 12.0. The third-order valence-electron chi connectivity index (χ3n) is 2.61. The molecule has 0 aliphatic carbocycles. The number of hydrogen-bond donors (Lipinski definition) is 2. The van der Waals surface area contributed by atoms with Gasteiger partial charge in [0.15, 0.2) is 0 Å². The number of nitrogens with zero attached hydrogens (tertiary/aromatic N) is 1. The van der Waals surface area contributed by atoms with E-state index in [2.05, 4.69) is 10.3 Å². The maximum atomic E-state index is 13.0. The van der Waals surface area contributed by atoms with Crippen LogP contribution in [0, 0.1) is 0 Å². The van der Waals surface area contributed by atoms with E-state index in [1.54, 1.807) is 12.1 Å². The van der Waals surface area contributed by atoms with E-state index in [1.807, 2.05) is 0 Å². The van der Waals surface area contributed by atoms with Gasteiger partial charge in [-0.25, -0.2) is 4.98 Å². The van der Waals surface area contributed by atoms with Gasteiger partial charge in [-0.05, 0) is 30.3 Å². The summed E-state index contributed by atoms with van der Waals surface area (Å²) in [4.78, 5) is 4.00. The second-order valence-corrected chi connectivity index (χ2v) is 4.95. The number of rotatable bonds is 3. The molecule has 0 unspecified atom stereocenters. The van der Waals surface area contributed by atoms with E-state index in [9.17, 15) is 13.2 Å². The third kappa shape index (κ3) is 3.62. The van der Waals surface area contributed by atoms with Crippen molar-refractivity contribution in [2.75, 3.05) is 5.32 Å². The first-order valence-corrected chi connectivity index (χ1v) is 6.46. The van der Waals surface area contributed by atoms with E-state index < -0.39 is 11.7 Å². The van der Waals surface area contributed by atoms with Gasteiger partial charge in [0.1, 0.15) is 10.8 Å². The standard InChI is InChI=1S/C13H9ClF3N3S/c14-7-3-4-10(9(6-7)13(15,16)17)20-12-8(11(18)21)2-1-5-19-12/h1-6H,(H2,18,21)(H,19,20). The van der Waals surface area contributed by atoms with Gasteiger partial charge in [0.25, 0.3) is 0 Å². The molecular formula is C13H9ClF3N3S. The molecule has 0 saturated heterocycles. The van der Waals surface area contributed by atoms with Crippen LogP contribution in [0.2, 0.25) is 5.02 Å². The fraction of sp³-hybridized carbons (Fsp3) is 0.0769. The lowest BCUT2D eigenvalue weighted by Gasteiger charge is -2.16. The molecule has 8 heteroatoms. The average molecular weight is 332 g/mol. The fourth-order valence-electron chi connectivity index (χ4n) is 1.69. The van der Waals surface area contributed by atoms with Crippen LogP contribution >= 0.6 is 23.8 Å². The summed E-state index contributed by atoms with van der Waals surface area (Å²) in [5.74, 6) is 0.151. The van der Waals surface area contributed by atoms with Gasteiger partial charge < -0.3 is 11.1 Å². The van der Waals surface area contributed by atoms with Crippen LogP contribution in [-0.4, -0.2) is 9.97 Å². The molecule has 0 radical (unpaired) electrons. The van der Waals surface area contributed by atoms with Crippen LogP contribution in [0.4, 0.5) is 24.7 Å². The van der Waals surface area contributed by atoms with E-state index in [4.69, 9.17) is 29.6 Å². The maximum absolute atomic E-state index is 13.0. The molecule has 0 atom stereocenters. The Balaban J connectivity index is 2.48. The summed E-state index contributed by atoms with van der Waals surface area (Å²) in [5, 5.41) is 2.59. The van der Waals surface area contributed by atoms with Crippen molar-refractivity contribution in [2.45, 2.75) is 6.18 Å². The first kappa shape index (κ1) is 15.5. The van der Waals surface area contributed by atoms with Gasteiger partial charge >= 0.3 is 6.18 Å². The molecule has 0 saturated carbocycles. The fourth-order valence-corrected chi connectivity index (χ4v) is 2.03. The summed E-state index contributed by atoms with van der Waals surface area (Å²) >= 11 is 10.5. The average Bonchev–Trinajstić information content (AvgIpc) is 2.40. The van der Waals surface area contributed by atoms with E-state index in [0.29, 0.717) is 5.56 Å². The molecule has 110 valence electrons. The van der Waals surface area contributed by atoms with E-state index in [0.717, 1.165) is 6.07 Å². The van der Waals surface area contributed by atoms with Crippen molar-refractivity contribution in [1.29, 1.82) is 0 Å². The zero-order valence-electron chi connectivity index (χ0n) is 10.4. The maximum Gasteiger partial charge on any atom is 0.418 e. The lowest BCUT2D eigenvalue weighted by molar-refractivity contribution is -0.136. The number of hydrogen-bond acceptors (Lipinski definition) is 3. The van der Waals surface area contributed by atoms with E-state index >= 15 is 0 Å². The highest BCUT2D eigenvalue weighted by molar-refractivity contribution is 7.80.